The zero-order chi connectivity index (χ0) is 14.8. The van der Waals surface area contributed by atoms with Crippen LogP contribution in [0.25, 0.3) is 0 Å². The molecule has 1 aliphatic rings. The number of nitrogens with one attached hydrogen (secondary N) is 1. The summed E-state index contributed by atoms with van der Waals surface area (Å²) in [4.78, 5) is 0. The number of aromatic nitrogens is 2. The van der Waals surface area contributed by atoms with Gasteiger partial charge in [0.15, 0.2) is 0 Å². The maximum Gasteiger partial charge on any atom is 0.391 e. The van der Waals surface area contributed by atoms with Gasteiger partial charge in [0.2, 0.25) is 0 Å². The number of nitrogens with zero attached hydrogens (tertiary/aromatic N) is 2. The van der Waals surface area contributed by atoms with Gasteiger partial charge in [0.1, 0.15) is 0 Å². The van der Waals surface area contributed by atoms with E-state index < -0.39 is 12.1 Å². The standard InChI is InChI=1S/C13H21F3N4/c1-20-8-9(7-18-20)6-12(19-17)10-2-4-11(5-3-10)13(14,15)16/h7-8,10-12,19H,2-6,17H2,1H3. The molecule has 1 aromatic heterocycles. The highest BCUT2D eigenvalue weighted by atomic mass is 19.4. The van der Waals surface area contributed by atoms with E-state index in [4.69, 9.17) is 5.84 Å². The van der Waals surface area contributed by atoms with Crippen molar-refractivity contribution in [3.8, 4) is 0 Å². The molecule has 0 radical (unpaired) electrons. The first-order valence-corrected chi connectivity index (χ1v) is 6.90. The fraction of sp³-hybridized carbons (Fsp3) is 0.769. The lowest BCUT2D eigenvalue weighted by atomic mass is 9.77. The summed E-state index contributed by atoms with van der Waals surface area (Å²) in [6.45, 7) is 0. The van der Waals surface area contributed by atoms with Crippen LogP contribution in [0.4, 0.5) is 13.2 Å². The molecule has 1 aliphatic carbocycles. The number of aryl methyl sites for hydroxylation is 1. The molecule has 0 saturated heterocycles. The fourth-order valence-electron chi connectivity index (χ4n) is 3.04. The summed E-state index contributed by atoms with van der Waals surface area (Å²) in [7, 11) is 1.84. The van der Waals surface area contributed by atoms with Crippen molar-refractivity contribution in [2.45, 2.75) is 44.3 Å². The van der Waals surface area contributed by atoms with Crippen molar-refractivity contribution in [3.63, 3.8) is 0 Å². The predicted octanol–water partition coefficient (Wildman–Crippen LogP) is 2.16. The molecule has 114 valence electrons. The zero-order valence-corrected chi connectivity index (χ0v) is 11.5. The summed E-state index contributed by atoms with van der Waals surface area (Å²) in [5.74, 6) is 4.63. The Balaban J connectivity index is 1.90. The molecule has 1 aromatic rings. The quantitative estimate of drug-likeness (QED) is 0.660. The van der Waals surface area contributed by atoms with E-state index in [2.05, 4.69) is 10.5 Å². The van der Waals surface area contributed by atoms with Crippen LogP contribution in [0.15, 0.2) is 12.4 Å². The average molecular weight is 290 g/mol. The van der Waals surface area contributed by atoms with Crippen LogP contribution in [0.5, 0.6) is 0 Å². The summed E-state index contributed by atoms with van der Waals surface area (Å²) in [6.07, 6.45) is 1.88. The lowest BCUT2D eigenvalue weighted by Gasteiger charge is -2.34. The minimum absolute atomic E-state index is 0.00776. The van der Waals surface area contributed by atoms with E-state index in [9.17, 15) is 13.2 Å². The van der Waals surface area contributed by atoms with Crippen LogP contribution in [0, 0.1) is 11.8 Å². The van der Waals surface area contributed by atoms with Gasteiger partial charge in [-0.05, 0) is 43.6 Å². The monoisotopic (exact) mass is 290 g/mol. The van der Waals surface area contributed by atoms with Gasteiger partial charge in [-0.15, -0.1) is 0 Å². The third-order valence-corrected chi connectivity index (χ3v) is 4.23. The van der Waals surface area contributed by atoms with Gasteiger partial charge in [-0.1, -0.05) is 0 Å². The number of hydrogen-bond donors (Lipinski definition) is 2. The van der Waals surface area contributed by atoms with Crippen molar-refractivity contribution >= 4 is 0 Å². The number of alkyl halides is 3. The van der Waals surface area contributed by atoms with Crippen LogP contribution in [0.3, 0.4) is 0 Å². The van der Waals surface area contributed by atoms with Gasteiger partial charge in [0, 0.05) is 19.3 Å². The topological polar surface area (TPSA) is 55.9 Å². The second-order valence-corrected chi connectivity index (χ2v) is 5.65. The van der Waals surface area contributed by atoms with E-state index in [1.54, 1.807) is 10.9 Å². The summed E-state index contributed by atoms with van der Waals surface area (Å²) in [6, 6.07) is 0.00776. The van der Waals surface area contributed by atoms with Gasteiger partial charge in [0.05, 0.1) is 12.1 Å². The highest BCUT2D eigenvalue weighted by Crippen LogP contribution is 2.40. The Labute approximate surface area is 116 Å². The average Bonchev–Trinajstić information content (AvgIpc) is 2.81. The third-order valence-electron chi connectivity index (χ3n) is 4.23. The molecule has 1 fully saturated rings. The summed E-state index contributed by atoms with van der Waals surface area (Å²) < 4.78 is 39.7. The SMILES string of the molecule is Cn1cc(CC(NN)C2CCC(C(F)(F)F)CC2)cn1. The van der Waals surface area contributed by atoms with Crippen molar-refractivity contribution in [2.24, 2.45) is 24.7 Å². The van der Waals surface area contributed by atoms with Gasteiger partial charge < -0.3 is 0 Å². The molecule has 0 spiro atoms. The van der Waals surface area contributed by atoms with Crippen LogP contribution in [0.1, 0.15) is 31.2 Å². The Morgan fingerprint density at radius 1 is 1.40 bits per heavy atom. The first-order valence-electron chi connectivity index (χ1n) is 6.90. The highest BCUT2D eigenvalue weighted by molar-refractivity contribution is 5.06. The second kappa shape index (κ2) is 6.13. The molecule has 3 N–H and O–H groups in total. The summed E-state index contributed by atoms with van der Waals surface area (Å²) in [5, 5.41) is 4.09. The minimum Gasteiger partial charge on any atom is -0.276 e. The number of nitrogens with two attached hydrogens (primary N) is 1. The largest absolute Gasteiger partial charge is 0.391 e. The molecule has 4 nitrogen and oxygen atoms in total. The Morgan fingerprint density at radius 2 is 2.05 bits per heavy atom. The van der Waals surface area contributed by atoms with Gasteiger partial charge in [-0.2, -0.15) is 18.3 Å². The minimum atomic E-state index is -4.06. The molecule has 0 aromatic carbocycles. The molecule has 7 heteroatoms. The van der Waals surface area contributed by atoms with Gasteiger partial charge in [-0.3, -0.25) is 16.0 Å². The van der Waals surface area contributed by atoms with Crippen LogP contribution in [-0.2, 0) is 13.5 Å². The number of hydrazine groups is 1. The third kappa shape index (κ3) is 3.73. The summed E-state index contributed by atoms with van der Waals surface area (Å²) in [5.41, 5.74) is 3.81. The summed E-state index contributed by atoms with van der Waals surface area (Å²) >= 11 is 0. The van der Waals surface area contributed by atoms with Crippen LogP contribution in [-0.4, -0.2) is 22.0 Å². The molecular formula is C13H21F3N4. The molecule has 1 saturated carbocycles. The Bertz CT molecular complexity index is 421. The van der Waals surface area contributed by atoms with Gasteiger partial charge >= 0.3 is 6.18 Å². The molecule has 20 heavy (non-hydrogen) atoms. The van der Waals surface area contributed by atoms with Crippen LogP contribution in [0.2, 0.25) is 0 Å². The molecule has 0 aliphatic heterocycles. The lowest BCUT2D eigenvalue weighted by molar-refractivity contribution is -0.184. The smallest absolute Gasteiger partial charge is 0.276 e. The lowest BCUT2D eigenvalue weighted by Crippen LogP contribution is -2.44. The second-order valence-electron chi connectivity index (χ2n) is 5.65. The number of hydrogen-bond acceptors (Lipinski definition) is 3. The molecule has 0 amide bonds. The van der Waals surface area contributed by atoms with E-state index in [0.29, 0.717) is 19.3 Å². The molecule has 1 atom stereocenters. The predicted molar refractivity (Wildman–Crippen MR) is 69.5 cm³/mol. The van der Waals surface area contributed by atoms with Gasteiger partial charge in [0.25, 0.3) is 0 Å². The first kappa shape index (κ1) is 15.3. The molecule has 2 rings (SSSR count). The van der Waals surface area contributed by atoms with Crippen molar-refractivity contribution in [3.05, 3.63) is 18.0 Å². The van der Waals surface area contributed by atoms with Crippen molar-refractivity contribution in [1.82, 2.24) is 15.2 Å². The number of rotatable bonds is 4. The van der Waals surface area contributed by atoms with E-state index in [-0.39, 0.29) is 24.8 Å². The highest BCUT2D eigenvalue weighted by Gasteiger charge is 2.42. The van der Waals surface area contributed by atoms with E-state index in [1.165, 1.54) is 0 Å². The Kier molecular flexibility index (Phi) is 4.70. The molecule has 1 unspecified atom stereocenters. The van der Waals surface area contributed by atoms with Crippen molar-refractivity contribution in [2.75, 3.05) is 0 Å². The first-order chi connectivity index (χ1) is 9.40. The Morgan fingerprint density at radius 3 is 2.50 bits per heavy atom. The van der Waals surface area contributed by atoms with Crippen molar-refractivity contribution < 1.29 is 13.2 Å². The van der Waals surface area contributed by atoms with Crippen LogP contribution >= 0.6 is 0 Å². The maximum absolute atomic E-state index is 12.6. The molecular weight excluding hydrogens is 269 g/mol. The normalized spacial score (nSPS) is 25.6. The van der Waals surface area contributed by atoms with E-state index in [1.807, 2.05) is 13.2 Å². The molecule has 0 bridgehead atoms. The van der Waals surface area contributed by atoms with E-state index >= 15 is 0 Å². The van der Waals surface area contributed by atoms with Gasteiger partial charge in [-0.25, -0.2) is 0 Å². The zero-order valence-electron chi connectivity index (χ0n) is 11.5. The van der Waals surface area contributed by atoms with Crippen LogP contribution < -0.4 is 11.3 Å². The Hall–Kier alpha value is -1.08. The molecule has 1 heterocycles. The number of halogens is 3. The maximum atomic E-state index is 12.6. The van der Waals surface area contributed by atoms with Crippen molar-refractivity contribution in [1.29, 1.82) is 0 Å². The van der Waals surface area contributed by atoms with E-state index in [0.717, 1.165) is 5.56 Å². The fourth-order valence-corrected chi connectivity index (χ4v) is 3.04.